The second kappa shape index (κ2) is 8.48. The summed E-state index contributed by atoms with van der Waals surface area (Å²) in [6.45, 7) is -0.740. The maximum atomic E-state index is 12.4. The Hall–Kier alpha value is -2.61. The van der Waals surface area contributed by atoms with Gasteiger partial charge < -0.3 is 9.64 Å². The van der Waals surface area contributed by atoms with E-state index in [0.717, 1.165) is 11.8 Å². The number of nitrogens with zero attached hydrogens (tertiary/aromatic N) is 2. The van der Waals surface area contributed by atoms with Gasteiger partial charge in [-0.15, -0.1) is 0 Å². The van der Waals surface area contributed by atoms with E-state index >= 15 is 0 Å². The van der Waals surface area contributed by atoms with E-state index in [1.807, 2.05) is 0 Å². The zero-order valence-electron chi connectivity index (χ0n) is 13.8. The van der Waals surface area contributed by atoms with Gasteiger partial charge >= 0.3 is 0 Å². The first kappa shape index (κ1) is 18.7. The Balaban J connectivity index is 2.43. The van der Waals surface area contributed by atoms with Crippen molar-refractivity contribution in [2.75, 3.05) is 27.4 Å². The van der Waals surface area contributed by atoms with Crippen LogP contribution in [-0.4, -0.2) is 43.1 Å². The third-order valence-corrected chi connectivity index (χ3v) is 4.36. The Bertz CT molecular complexity index is 783. The summed E-state index contributed by atoms with van der Waals surface area (Å²) in [5, 5.41) is 11.2. The van der Waals surface area contributed by atoms with Gasteiger partial charge in [-0.2, -0.15) is 0 Å². The summed E-state index contributed by atoms with van der Waals surface area (Å²) in [5.41, 5.74) is 0.304. The fourth-order valence-corrected chi connectivity index (χ4v) is 3.09. The largest absolute Gasteiger partial charge is 0.491 e. The van der Waals surface area contributed by atoms with Crippen molar-refractivity contribution in [2.45, 2.75) is 9.79 Å². The van der Waals surface area contributed by atoms with Crippen molar-refractivity contribution in [2.24, 2.45) is 0 Å². The van der Waals surface area contributed by atoms with Crippen LogP contribution in [-0.2, 0) is 0 Å². The molecule has 0 heterocycles. The van der Waals surface area contributed by atoms with Crippen molar-refractivity contribution in [3.8, 4) is 5.75 Å². The number of benzene rings is 2. The number of carbonyl (C=O) groups is 1. The summed E-state index contributed by atoms with van der Waals surface area (Å²) in [7, 11) is 3.22. The van der Waals surface area contributed by atoms with E-state index in [1.54, 1.807) is 44.4 Å². The molecule has 2 aromatic rings. The molecule has 6 nitrogen and oxygen atoms in total. The number of ether oxygens (including phenoxy) is 1. The van der Waals surface area contributed by atoms with Crippen LogP contribution >= 0.6 is 11.8 Å². The normalized spacial score (nSPS) is 10.4. The van der Waals surface area contributed by atoms with Gasteiger partial charge in [0.2, 0.25) is 0 Å². The van der Waals surface area contributed by atoms with Crippen molar-refractivity contribution in [3.05, 3.63) is 58.1 Å². The Morgan fingerprint density at radius 3 is 2.60 bits per heavy atom. The predicted octanol–water partition coefficient (Wildman–Crippen LogP) is 3.80. The standard InChI is InChI=1S/C17H17FN2O4S/c1-19(2)17(21)13-11-12(24-10-9-18)7-8-15(13)25-16-6-4-3-5-14(16)20(22)23/h3-8,11H,9-10H2,1-2H3. The van der Waals surface area contributed by atoms with E-state index < -0.39 is 11.6 Å². The summed E-state index contributed by atoms with van der Waals surface area (Å²) in [6.07, 6.45) is 0. The van der Waals surface area contributed by atoms with Crippen LogP contribution in [0.3, 0.4) is 0 Å². The number of nitro groups is 1. The number of amides is 1. The summed E-state index contributed by atoms with van der Waals surface area (Å²) < 4.78 is 17.5. The van der Waals surface area contributed by atoms with Crippen LogP contribution in [0.4, 0.5) is 10.1 Å². The smallest absolute Gasteiger partial charge is 0.283 e. The van der Waals surface area contributed by atoms with Gasteiger partial charge in [0.1, 0.15) is 19.0 Å². The number of carbonyl (C=O) groups excluding carboxylic acids is 1. The third kappa shape index (κ3) is 4.69. The van der Waals surface area contributed by atoms with Gasteiger partial charge in [0.05, 0.1) is 15.4 Å². The minimum Gasteiger partial charge on any atom is -0.491 e. The van der Waals surface area contributed by atoms with E-state index in [1.165, 1.54) is 17.0 Å². The van der Waals surface area contributed by atoms with Gasteiger partial charge in [-0.25, -0.2) is 4.39 Å². The number of para-hydroxylation sites is 1. The molecule has 0 aliphatic carbocycles. The topological polar surface area (TPSA) is 72.7 Å². The van der Waals surface area contributed by atoms with Gasteiger partial charge in [-0.1, -0.05) is 23.9 Å². The van der Waals surface area contributed by atoms with Gasteiger partial charge in [0, 0.05) is 25.1 Å². The minimum atomic E-state index is -0.635. The van der Waals surface area contributed by atoms with Crippen LogP contribution in [0.5, 0.6) is 5.75 Å². The molecule has 0 spiro atoms. The fraction of sp³-hybridized carbons (Fsp3) is 0.235. The fourth-order valence-electron chi connectivity index (χ4n) is 2.07. The Labute approximate surface area is 148 Å². The number of hydrogen-bond acceptors (Lipinski definition) is 5. The van der Waals surface area contributed by atoms with Crippen molar-refractivity contribution in [1.82, 2.24) is 4.90 Å². The minimum absolute atomic E-state index is 0.0338. The van der Waals surface area contributed by atoms with E-state index in [0.29, 0.717) is 21.1 Å². The average molecular weight is 364 g/mol. The highest BCUT2D eigenvalue weighted by Gasteiger charge is 2.19. The first-order valence-corrected chi connectivity index (χ1v) is 8.21. The number of nitro benzene ring substituents is 1. The molecule has 0 aliphatic rings. The molecule has 0 unspecified atom stereocenters. The molecule has 0 bridgehead atoms. The van der Waals surface area contributed by atoms with E-state index in [9.17, 15) is 19.3 Å². The summed E-state index contributed by atoms with van der Waals surface area (Å²) in [4.78, 5) is 25.5. The van der Waals surface area contributed by atoms with E-state index in [-0.39, 0.29) is 18.2 Å². The van der Waals surface area contributed by atoms with Gasteiger partial charge in [0.25, 0.3) is 11.6 Å². The molecule has 0 radical (unpaired) electrons. The molecule has 2 aromatic carbocycles. The monoisotopic (exact) mass is 364 g/mol. The zero-order valence-corrected chi connectivity index (χ0v) is 14.6. The van der Waals surface area contributed by atoms with Crippen molar-refractivity contribution in [3.63, 3.8) is 0 Å². The lowest BCUT2D eigenvalue weighted by Crippen LogP contribution is -2.22. The zero-order chi connectivity index (χ0) is 18.4. The molecule has 0 aliphatic heterocycles. The third-order valence-electron chi connectivity index (χ3n) is 3.22. The first-order valence-electron chi connectivity index (χ1n) is 7.39. The van der Waals surface area contributed by atoms with Crippen molar-refractivity contribution >= 4 is 23.4 Å². The molecule has 8 heteroatoms. The molecule has 0 aromatic heterocycles. The molecular weight excluding hydrogens is 347 g/mol. The van der Waals surface area contributed by atoms with Crippen LogP contribution in [0.2, 0.25) is 0 Å². The second-order valence-electron chi connectivity index (χ2n) is 5.22. The molecule has 2 rings (SSSR count). The summed E-state index contributed by atoms with van der Waals surface area (Å²) in [5.74, 6) is 0.0987. The highest BCUT2D eigenvalue weighted by Crippen LogP contribution is 2.37. The second-order valence-corrected chi connectivity index (χ2v) is 6.31. The maximum absolute atomic E-state index is 12.4. The number of rotatable bonds is 7. The van der Waals surface area contributed by atoms with Gasteiger partial charge in [0.15, 0.2) is 0 Å². The number of halogens is 1. The predicted molar refractivity (Wildman–Crippen MR) is 93.1 cm³/mol. The van der Waals surface area contributed by atoms with Crippen molar-refractivity contribution in [1.29, 1.82) is 0 Å². The van der Waals surface area contributed by atoms with E-state index in [4.69, 9.17) is 4.74 Å². The summed E-state index contributed by atoms with van der Waals surface area (Å²) in [6, 6.07) is 11.1. The molecule has 25 heavy (non-hydrogen) atoms. The Morgan fingerprint density at radius 1 is 1.24 bits per heavy atom. The lowest BCUT2D eigenvalue weighted by atomic mass is 10.2. The average Bonchev–Trinajstić information content (AvgIpc) is 2.60. The molecule has 0 N–H and O–H groups in total. The van der Waals surface area contributed by atoms with E-state index in [2.05, 4.69) is 0 Å². The quantitative estimate of drug-likeness (QED) is 0.552. The SMILES string of the molecule is CN(C)C(=O)c1cc(OCCF)ccc1Sc1ccccc1[N+](=O)[O-]. The molecule has 1 amide bonds. The highest BCUT2D eigenvalue weighted by atomic mass is 32.2. The summed E-state index contributed by atoms with van der Waals surface area (Å²) >= 11 is 1.13. The highest BCUT2D eigenvalue weighted by molar-refractivity contribution is 7.99. The van der Waals surface area contributed by atoms with Gasteiger partial charge in [-0.3, -0.25) is 14.9 Å². The maximum Gasteiger partial charge on any atom is 0.283 e. The van der Waals surface area contributed by atoms with Crippen LogP contribution < -0.4 is 4.74 Å². The lowest BCUT2D eigenvalue weighted by Gasteiger charge is -2.15. The number of hydrogen-bond donors (Lipinski definition) is 0. The van der Waals surface area contributed by atoms with Gasteiger partial charge in [-0.05, 0) is 24.3 Å². The number of alkyl halides is 1. The molecule has 0 saturated carbocycles. The van der Waals surface area contributed by atoms with Crippen molar-refractivity contribution < 1.29 is 18.8 Å². The Kier molecular flexibility index (Phi) is 6.35. The van der Waals surface area contributed by atoms with Crippen LogP contribution in [0.15, 0.2) is 52.3 Å². The first-order chi connectivity index (χ1) is 11.9. The molecule has 0 saturated heterocycles. The molecule has 0 fully saturated rings. The molecule has 132 valence electrons. The Morgan fingerprint density at radius 2 is 1.96 bits per heavy atom. The molecular formula is C17H17FN2O4S. The van der Waals surface area contributed by atoms with Crippen LogP contribution in [0.25, 0.3) is 0 Å². The molecule has 0 atom stereocenters. The lowest BCUT2D eigenvalue weighted by molar-refractivity contribution is -0.387. The van der Waals surface area contributed by atoms with Crippen LogP contribution in [0.1, 0.15) is 10.4 Å². The van der Waals surface area contributed by atoms with Crippen LogP contribution in [0, 0.1) is 10.1 Å².